The van der Waals surface area contributed by atoms with Gasteiger partial charge in [0.05, 0.1) is 35.0 Å². The second-order valence-corrected chi connectivity index (χ2v) is 5.62. The number of aromatic hydroxyl groups is 2. The first-order chi connectivity index (χ1) is 15.2. The molecule has 0 spiro atoms. The third kappa shape index (κ3) is 9.04. The van der Waals surface area contributed by atoms with E-state index in [0.29, 0.717) is 17.5 Å². The molecule has 0 fully saturated rings. The van der Waals surface area contributed by atoms with Crippen molar-refractivity contribution in [3.05, 3.63) is 41.2 Å². The van der Waals surface area contributed by atoms with Crippen LogP contribution in [0.5, 0.6) is 34.5 Å². The number of carbonyl (C=O) groups excluding carboxylic acids is 1. The van der Waals surface area contributed by atoms with Crippen LogP contribution in [0.15, 0.2) is 24.3 Å². The smallest absolute Gasteiger partial charge is 0.200 e. The van der Waals surface area contributed by atoms with Gasteiger partial charge < -0.3 is 33.7 Å². The minimum absolute atomic E-state index is 0.0857. The summed E-state index contributed by atoms with van der Waals surface area (Å²) < 4.78 is 41.0. The van der Waals surface area contributed by atoms with Crippen LogP contribution in [0.4, 0.5) is 5.69 Å². The maximum absolute atomic E-state index is 10.5. The van der Waals surface area contributed by atoms with E-state index in [2.05, 4.69) is 20.1 Å². The Kier molecular flexibility index (Phi) is 13.5. The fraction of sp³-hybridized carbons (Fsp3) is 0.222. The van der Waals surface area contributed by atoms with Crippen molar-refractivity contribution in [2.45, 2.75) is 0 Å². The summed E-state index contributed by atoms with van der Waals surface area (Å²) in [6.45, 7) is 6.79. The molecule has 0 amide bonds. The minimum atomic E-state index is -2.66. The van der Waals surface area contributed by atoms with Crippen LogP contribution in [-0.4, -0.2) is 53.7 Å². The zero-order valence-electron chi connectivity index (χ0n) is 17.4. The van der Waals surface area contributed by atoms with E-state index in [9.17, 15) is 23.8 Å². The third-order valence-corrected chi connectivity index (χ3v) is 3.52. The van der Waals surface area contributed by atoms with Crippen LogP contribution in [0, 0.1) is 6.57 Å². The Morgan fingerprint density at radius 1 is 0.938 bits per heavy atom. The summed E-state index contributed by atoms with van der Waals surface area (Å²) in [6.07, 6.45) is 0.657. The number of hydrogen-bond acceptors (Lipinski definition) is 12. The van der Waals surface area contributed by atoms with Gasteiger partial charge in [-0.2, -0.15) is 5.90 Å². The Hall–Kier alpha value is -3.61. The highest BCUT2D eigenvalue weighted by Gasteiger charge is 2.11. The molecule has 1 atom stereocenters. The predicted octanol–water partition coefficient (Wildman–Crippen LogP) is 1.78. The number of aldehydes is 1. The number of nitrogens with zero attached hydrogens (tertiary/aromatic N) is 1. The Balaban J connectivity index is 0.000000484. The lowest BCUT2D eigenvalue weighted by Crippen LogP contribution is -2.02. The highest BCUT2D eigenvalue weighted by atomic mass is 32.2. The molecule has 0 aromatic heterocycles. The van der Waals surface area contributed by atoms with Gasteiger partial charge in [0.1, 0.15) is 17.6 Å². The third-order valence-electron chi connectivity index (χ3n) is 3.33. The molecule has 0 saturated carbocycles. The summed E-state index contributed by atoms with van der Waals surface area (Å²) in [5, 5.41) is 18.9. The van der Waals surface area contributed by atoms with Gasteiger partial charge in [-0.05, 0) is 24.3 Å². The van der Waals surface area contributed by atoms with Gasteiger partial charge in [0.25, 0.3) is 0 Å². The van der Waals surface area contributed by atoms with Crippen LogP contribution in [0.1, 0.15) is 10.4 Å². The lowest BCUT2D eigenvalue weighted by Gasteiger charge is -2.08. The summed E-state index contributed by atoms with van der Waals surface area (Å²) in [6, 6.07) is 5.77. The molecule has 4 N–H and O–H groups in total. The van der Waals surface area contributed by atoms with E-state index in [4.69, 9.17) is 25.5 Å². The zero-order valence-corrected chi connectivity index (χ0v) is 18.2. The number of ether oxygens (including phenoxy) is 4. The number of carbonyl (C=O) groups is 1. The molecule has 0 saturated heterocycles. The molecular weight excluding hydrogens is 452 g/mol. The number of phenolic OH excluding ortho intramolecular Hbond substituents is 2. The summed E-state index contributed by atoms with van der Waals surface area (Å²) >= 11 is -2.66. The molecule has 0 aliphatic carbocycles. The van der Waals surface area contributed by atoms with E-state index in [1.807, 2.05) is 0 Å². The van der Waals surface area contributed by atoms with Crippen LogP contribution >= 0.6 is 0 Å². The van der Waals surface area contributed by atoms with Crippen molar-refractivity contribution in [2.24, 2.45) is 5.90 Å². The van der Waals surface area contributed by atoms with Crippen LogP contribution in [0.2, 0.25) is 0 Å². The minimum Gasteiger partial charge on any atom is -0.747 e. The molecule has 0 bridgehead atoms. The second-order valence-electron chi connectivity index (χ2n) is 5.07. The molecule has 2 aromatic carbocycles. The van der Waals surface area contributed by atoms with Gasteiger partial charge in [-0.1, -0.05) is 0 Å². The normalized spacial score (nSPS) is 10.2. The van der Waals surface area contributed by atoms with Crippen molar-refractivity contribution in [1.82, 2.24) is 0 Å². The lowest BCUT2D eigenvalue weighted by atomic mass is 10.2. The maximum Gasteiger partial charge on any atom is 0.200 e. The van der Waals surface area contributed by atoms with Crippen molar-refractivity contribution >= 4 is 23.3 Å². The molecule has 1 unspecified atom stereocenters. The van der Waals surface area contributed by atoms with Crippen LogP contribution < -0.4 is 24.8 Å². The van der Waals surface area contributed by atoms with Crippen molar-refractivity contribution in [3.63, 3.8) is 0 Å². The molecule has 14 heteroatoms. The van der Waals surface area contributed by atoms with Crippen LogP contribution in [0.3, 0.4) is 0 Å². The average Bonchev–Trinajstić information content (AvgIpc) is 2.80. The van der Waals surface area contributed by atoms with Crippen molar-refractivity contribution in [2.75, 3.05) is 28.4 Å². The van der Waals surface area contributed by atoms with Gasteiger partial charge in [0.15, 0.2) is 34.4 Å². The molecule has 0 radical (unpaired) electrons. The van der Waals surface area contributed by atoms with E-state index in [-0.39, 0.29) is 34.5 Å². The Bertz CT molecular complexity index is 897. The summed E-state index contributed by atoms with van der Waals surface area (Å²) in [7, 11) is 5.65. The number of nitrogens with two attached hydrogens (primary N) is 1. The highest BCUT2D eigenvalue weighted by Crippen LogP contribution is 2.39. The predicted molar refractivity (Wildman–Crippen MR) is 109 cm³/mol. The molecule has 0 heterocycles. The molecule has 0 aliphatic rings. The number of phenols is 2. The van der Waals surface area contributed by atoms with E-state index in [1.54, 1.807) is 0 Å². The Labute approximate surface area is 186 Å². The highest BCUT2D eigenvalue weighted by molar-refractivity contribution is 7.73. The number of benzene rings is 2. The number of rotatable bonds is 7. The van der Waals surface area contributed by atoms with E-state index in [1.165, 1.54) is 52.7 Å². The summed E-state index contributed by atoms with van der Waals surface area (Å²) in [4.78, 5) is 16.9. The molecule has 2 rings (SSSR count). The molecule has 13 nitrogen and oxygen atoms in total. The lowest BCUT2D eigenvalue weighted by molar-refractivity contribution is -0.207. The van der Waals surface area contributed by atoms with Gasteiger partial charge in [0.2, 0.25) is 5.75 Å². The molecule has 176 valence electrons. The van der Waals surface area contributed by atoms with Crippen molar-refractivity contribution < 1.29 is 52.0 Å². The molecule has 0 aliphatic heterocycles. The molecule has 32 heavy (non-hydrogen) atoms. The fourth-order valence-electron chi connectivity index (χ4n) is 1.96. The van der Waals surface area contributed by atoms with Crippen LogP contribution in [0.25, 0.3) is 4.85 Å². The van der Waals surface area contributed by atoms with Gasteiger partial charge >= 0.3 is 0 Å². The first-order valence-electron chi connectivity index (χ1n) is 8.08. The maximum atomic E-state index is 10.5. The first kappa shape index (κ1) is 28.4. The Morgan fingerprint density at radius 2 is 1.31 bits per heavy atom. The summed E-state index contributed by atoms with van der Waals surface area (Å²) in [5.74, 6) is 4.86. The standard InChI is InChI=1S/C9H9NO3.C9H10O4.H3NO4S/c1-10-6-4-7(12-2)9(11)8(5-6)13-3;1-12-7-3-6(5-10)4-8(13-2)9(7)11;1-4-5-6(2)3/h4-5,11H,2-3H3;3-5,11H,1-2H3;1H2,(H,2,3)/p-1. The summed E-state index contributed by atoms with van der Waals surface area (Å²) in [5.41, 5.74) is 0.762. The van der Waals surface area contributed by atoms with E-state index in [0.717, 1.165) is 0 Å². The van der Waals surface area contributed by atoms with Gasteiger partial charge in [0, 0.05) is 5.56 Å². The van der Waals surface area contributed by atoms with Crippen molar-refractivity contribution in [3.8, 4) is 34.5 Å². The zero-order chi connectivity index (χ0) is 24.7. The molecular formula is C18H21N2O11S-. The SMILES string of the molecule is COc1cc(C=O)cc(OC)c1O.NOOS(=O)[O-].[C-]#[N+]c1cc(OC)c(O)c(OC)c1. The van der Waals surface area contributed by atoms with E-state index >= 15 is 0 Å². The van der Waals surface area contributed by atoms with Crippen LogP contribution in [-0.2, 0) is 20.7 Å². The second kappa shape index (κ2) is 15.2. The topological polar surface area (TPSA) is 183 Å². The Morgan fingerprint density at radius 3 is 1.53 bits per heavy atom. The van der Waals surface area contributed by atoms with Gasteiger partial charge in [-0.15, -0.1) is 9.32 Å². The van der Waals surface area contributed by atoms with Gasteiger partial charge in [-0.3, -0.25) is 4.79 Å². The quantitative estimate of drug-likeness (QED) is 0.174. The van der Waals surface area contributed by atoms with E-state index < -0.39 is 11.4 Å². The number of methoxy groups -OCH3 is 4. The van der Waals surface area contributed by atoms with Gasteiger partial charge in [-0.25, -0.2) is 9.05 Å². The first-order valence-corrected chi connectivity index (χ1v) is 9.08. The fourth-order valence-corrected chi connectivity index (χ4v) is 2.02. The monoisotopic (exact) mass is 473 g/mol. The van der Waals surface area contributed by atoms with Crippen molar-refractivity contribution in [1.29, 1.82) is 0 Å². The molecule has 2 aromatic rings. The number of hydrogen-bond donors (Lipinski definition) is 3. The average molecular weight is 473 g/mol. The largest absolute Gasteiger partial charge is 0.747 e.